The molecule has 2 atom stereocenters. The predicted octanol–water partition coefficient (Wildman–Crippen LogP) is 1.22. The van der Waals surface area contributed by atoms with E-state index in [9.17, 15) is 22.8 Å². The number of alkyl halides is 3. The Bertz CT molecular complexity index is 383. The maximum Gasteiger partial charge on any atom is 0.471 e. The van der Waals surface area contributed by atoms with E-state index in [0.29, 0.717) is 0 Å². The van der Waals surface area contributed by atoms with Crippen molar-refractivity contribution in [2.24, 2.45) is 5.92 Å². The third-order valence-corrected chi connectivity index (χ3v) is 2.97. The molecule has 2 N–H and O–H groups in total. The Morgan fingerprint density at radius 1 is 1.56 bits per heavy atom. The minimum absolute atomic E-state index is 0.00741. The Kier molecular flexibility index (Phi) is 3.59. The van der Waals surface area contributed by atoms with Crippen LogP contribution in [0.4, 0.5) is 18.0 Å². The van der Waals surface area contributed by atoms with Crippen molar-refractivity contribution in [2.45, 2.75) is 18.6 Å². The summed E-state index contributed by atoms with van der Waals surface area (Å²) in [6.07, 6.45) is -4.89. The van der Waals surface area contributed by atoms with E-state index in [0.717, 1.165) is 4.90 Å². The lowest BCUT2D eigenvalue weighted by atomic mass is 9.89. The van der Waals surface area contributed by atoms with E-state index >= 15 is 0 Å². The van der Waals surface area contributed by atoms with E-state index in [2.05, 4.69) is 6.58 Å². The van der Waals surface area contributed by atoms with Crippen LogP contribution >= 0.6 is 0 Å². The molecule has 0 aliphatic carbocycles. The Hall–Kier alpha value is -1.73. The summed E-state index contributed by atoms with van der Waals surface area (Å²) in [6.45, 7) is 4.62. The number of amides is 2. The van der Waals surface area contributed by atoms with Crippen LogP contribution in [-0.2, 0) is 4.79 Å². The van der Waals surface area contributed by atoms with E-state index in [1.807, 2.05) is 5.32 Å². The van der Waals surface area contributed by atoms with Crippen LogP contribution in [0.25, 0.3) is 0 Å². The molecule has 1 aliphatic rings. The standard InChI is InChI=1S/C10H13F3N2O3/c1-3-6-4-15(8(17)18)5-9(6,2)14-7(16)10(11,12)13/h3,6H,1,4-5H2,2H3,(H,14,16)(H,17,18). The molecule has 1 heterocycles. The molecule has 1 rings (SSSR count). The van der Waals surface area contributed by atoms with Crippen molar-refractivity contribution < 1.29 is 27.9 Å². The number of carbonyl (C=O) groups is 2. The van der Waals surface area contributed by atoms with Gasteiger partial charge in [0.05, 0.1) is 5.54 Å². The van der Waals surface area contributed by atoms with Crippen molar-refractivity contribution in [2.75, 3.05) is 13.1 Å². The SMILES string of the molecule is C=CC1CN(C(=O)O)CC1(C)NC(=O)C(F)(F)F. The topological polar surface area (TPSA) is 69.6 Å². The second kappa shape index (κ2) is 4.51. The summed E-state index contributed by atoms with van der Waals surface area (Å²) < 4.78 is 36.6. The highest BCUT2D eigenvalue weighted by Crippen LogP contribution is 2.29. The molecule has 2 unspecified atom stereocenters. The maximum absolute atomic E-state index is 12.2. The zero-order valence-electron chi connectivity index (χ0n) is 9.62. The summed E-state index contributed by atoms with van der Waals surface area (Å²) in [7, 11) is 0. The van der Waals surface area contributed by atoms with Gasteiger partial charge in [0.1, 0.15) is 0 Å². The largest absolute Gasteiger partial charge is 0.471 e. The van der Waals surface area contributed by atoms with Gasteiger partial charge in [-0.3, -0.25) is 4.79 Å². The number of likely N-dealkylation sites (tertiary alicyclic amines) is 1. The molecule has 0 saturated carbocycles. The van der Waals surface area contributed by atoms with Crippen LogP contribution in [0.5, 0.6) is 0 Å². The lowest BCUT2D eigenvalue weighted by Crippen LogP contribution is -2.55. The number of hydrogen-bond acceptors (Lipinski definition) is 2. The Balaban J connectivity index is 2.87. The van der Waals surface area contributed by atoms with Crippen molar-refractivity contribution in [1.82, 2.24) is 10.2 Å². The molecular formula is C10H13F3N2O3. The predicted molar refractivity (Wildman–Crippen MR) is 55.9 cm³/mol. The number of nitrogens with zero attached hydrogens (tertiary/aromatic N) is 1. The summed E-state index contributed by atoms with van der Waals surface area (Å²) in [5.41, 5.74) is -1.30. The second-order valence-corrected chi connectivity index (χ2v) is 4.37. The fourth-order valence-electron chi connectivity index (χ4n) is 1.96. The lowest BCUT2D eigenvalue weighted by molar-refractivity contribution is -0.175. The third-order valence-electron chi connectivity index (χ3n) is 2.97. The first-order chi connectivity index (χ1) is 8.10. The number of nitrogens with one attached hydrogen (secondary N) is 1. The van der Waals surface area contributed by atoms with Crippen LogP contribution in [0, 0.1) is 5.92 Å². The van der Waals surface area contributed by atoms with E-state index in [1.165, 1.54) is 13.0 Å². The van der Waals surface area contributed by atoms with Gasteiger partial charge < -0.3 is 15.3 Å². The van der Waals surface area contributed by atoms with E-state index < -0.39 is 29.6 Å². The highest BCUT2D eigenvalue weighted by molar-refractivity contribution is 5.82. The monoisotopic (exact) mass is 266 g/mol. The van der Waals surface area contributed by atoms with Crippen LogP contribution in [-0.4, -0.2) is 46.8 Å². The number of rotatable bonds is 2. The molecule has 1 aliphatic heterocycles. The average Bonchev–Trinajstić information content (AvgIpc) is 2.54. The number of hydrogen-bond donors (Lipinski definition) is 2. The summed E-state index contributed by atoms with van der Waals surface area (Å²) in [5.74, 6) is -2.65. The van der Waals surface area contributed by atoms with Crippen LogP contribution in [0.1, 0.15) is 6.92 Å². The zero-order valence-corrected chi connectivity index (χ0v) is 9.62. The summed E-state index contributed by atoms with van der Waals surface area (Å²) in [5, 5.41) is 10.7. The van der Waals surface area contributed by atoms with Gasteiger partial charge in [0.15, 0.2) is 0 Å². The summed E-state index contributed by atoms with van der Waals surface area (Å²) in [4.78, 5) is 22.7. The third kappa shape index (κ3) is 2.74. The fraction of sp³-hybridized carbons (Fsp3) is 0.600. The first-order valence-electron chi connectivity index (χ1n) is 5.10. The number of carboxylic acid groups (broad SMARTS) is 1. The molecule has 0 aromatic carbocycles. The molecule has 0 radical (unpaired) electrons. The molecule has 0 spiro atoms. The van der Waals surface area contributed by atoms with Gasteiger partial charge in [-0.15, -0.1) is 6.58 Å². The van der Waals surface area contributed by atoms with E-state index in [4.69, 9.17) is 5.11 Å². The summed E-state index contributed by atoms with van der Waals surface area (Å²) in [6, 6.07) is 0. The minimum atomic E-state index is -4.99. The van der Waals surface area contributed by atoms with Crippen molar-refractivity contribution in [3.8, 4) is 0 Å². The molecule has 18 heavy (non-hydrogen) atoms. The quantitative estimate of drug-likeness (QED) is 0.738. The van der Waals surface area contributed by atoms with Gasteiger partial charge in [-0.2, -0.15) is 13.2 Å². The molecule has 8 heteroatoms. The molecule has 0 aromatic heterocycles. The van der Waals surface area contributed by atoms with E-state index in [-0.39, 0.29) is 13.1 Å². The van der Waals surface area contributed by atoms with Gasteiger partial charge in [0.2, 0.25) is 0 Å². The van der Waals surface area contributed by atoms with Gasteiger partial charge in [0.25, 0.3) is 0 Å². The lowest BCUT2D eigenvalue weighted by Gasteiger charge is -2.30. The Morgan fingerprint density at radius 3 is 2.50 bits per heavy atom. The Labute approximate surface area is 101 Å². The first-order valence-corrected chi connectivity index (χ1v) is 5.10. The van der Waals surface area contributed by atoms with Gasteiger partial charge in [0, 0.05) is 19.0 Å². The normalized spacial score (nSPS) is 28.0. The Morgan fingerprint density at radius 2 is 2.11 bits per heavy atom. The van der Waals surface area contributed by atoms with Gasteiger partial charge >= 0.3 is 18.2 Å². The fourth-order valence-corrected chi connectivity index (χ4v) is 1.96. The molecule has 102 valence electrons. The molecular weight excluding hydrogens is 253 g/mol. The molecule has 5 nitrogen and oxygen atoms in total. The van der Waals surface area contributed by atoms with Crippen molar-refractivity contribution >= 4 is 12.0 Å². The minimum Gasteiger partial charge on any atom is -0.465 e. The second-order valence-electron chi connectivity index (χ2n) is 4.37. The average molecular weight is 266 g/mol. The molecule has 1 saturated heterocycles. The number of halogens is 3. The van der Waals surface area contributed by atoms with Gasteiger partial charge in [-0.25, -0.2) is 4.79 Å². The van der Waals surface area contributed by atoms with Gasteiger partial charge in [-0.05, 0) is 6.92 Å². The number of carbonyl (C=O) groups excluding carboxylic acids is 1. The van der Waals surface area contributed by atoms with Crippen LogP contribution in [0.3, 0.4) is 0 Å². The highest BCUT2D eigenvalue weighted by Gasteiger charge is 2.49. The van der Waals surface area contributed by atoms with Gasteiger partial charge in [-0.1, -0.05) is 6.08 Å². The summed E-state index contributed by atoms with van der Waals surface area (Å²) >= 11 is 0. The van der Waals surface area contributed by atoms with E-state index in [1.54, 1.807) is 0 Å². The molecule has 1 fully saturated rings. The van der Waals surface area contributed by atoms with Crippen LogP contribution < -0.4 is 5.32 Å². The van der Waals surface area contributed by atoms with Crippen molar-refractivity contribution in [3.63, 3.8) is 0 Å². The first kappa shape index (κ1) is 14.3. The van der Waals surface area contributed by atoms with Crippen LogP contribution in [0.2, 0.25) is 0 Å². The smallest absolute Gasteiger partial charge is 0.465 e. The maximum atomic E-state index is 12.2. The molecule has 2 amide bonds. The van der Waals surface area contributed by atoms with Crippen molar-refractivity contribution in [1.29, 1.82) is 0 Å². The molecule has 0 bridgehead atoms. The molecule has 0 aromatic rings. The van der Waals surface area contributed by atoms with Crippen molar-refractivity contribution in [3.05, 3.63) is 12.7 Å². The zero-order chi connectivity index (χ0) is 14.1. The van der Waals surface area contributed by atoms with Crippen LogP contribution in [0.15, 0.2) is 12.7 Å². The highest BCUT2D eigenvalue weighted by atomic mass is 19.4.